The van der Waals surface area contributed by atoms with Crippen molar-refractivity contribution >= 4 is 22.5 Å². The topological polar surface area (TPSA) is 93.6 Å². The van der Waals surface area contributed by atoms with Gasteiger partial charge in [0.1, 0.15) is 5.82 Å². The van der Waals surface area contributed by atoms with Crippen LogP contribution in [0, 0.1) is 5.92 Å². The quantitative estimate of drug-likeness (QED) is 0.619. The minimum atomic E-state index is 0.503. The number of aromatic nitrogens is 3. The number of aromatic amines is 1. The highest BCUT2D eigenvalue weighted by atomic mass is 15.1. The Morgan fingerprint density at radius 2 is 1.75 bits per heavy atom. The van der Waals surface area contributed by atoms with E-state index in [1.54, 1.807) is 6.20 Å². The van der Waals surface area contributed by atoms with Gasteiger partial charge in [-0.3, -0.25) is 5.10 Å². The van der Waals surface area contributed by atoms with Crippen LogP contribution in [-0.2, 0) is 0 Å². The third-order valence-corrected chi connectivity index (χ3v) is 4.60. The van der Waals surface area contributed by atoms with Gasteiger partial charge in [-0.15, -0.1) is 0 Å². The second-order valence-corrected chi connectivity index (χ2v) is 6.58. The number of hydrogen-bond donors (Lipinski definition) is 3. The number of nitrogens with one attached hydrogen (secondary N) is 1. The normalized spacial score (nSPS) is 15.0. The smallest absolute Gasteiger partial charge is 0.153 e. The van der Waals surface area contributed by atoms with Crippen molar-refractivity contribution in [1.82, 2.24) is 15.2 Å². The maximum Gasteiger partial charge on any atom is 0.153 e. The molecule has 1 saturated carbocycles. The number of H-pyrrole nitrogens is 1. The Labute approximate surface area is 142 Å². The highest BCUT2D eigenvalue weighted by molar-refractivity contribution is 5.92. The van der Waals surface area contributed by atoms with E-state index < -0.39 is 0 Å². The van der Waals surface area contributed by atoms with E-state index in [0.717, 1.165) is 27.9 Å². The number of rotatable bonds is 1. The maximum absolute atomic E-state index is 5.77. The second-order valence-electron chi connectivity index (χ2n) is 6.58. The van der Waals surface area contributed by atoms with E-state index >= 15 is 0 Å². The van der Waals surface area contributed by atoms with Gasteiger partial charge in [-0.25, -0.2) is 4.98 Å². The van der Waals surface area contributed by atoms with Crippen molar-refractivity contribution in [3.63, 3.8) is 0 Å². The third-order valence-electron chi connectivity index (χ3n) is 4.60. The first kappa shape index (κ1) is 16.3. The maximum atomic E-state index is 5.77. The van der Waals surface area contributed by atoms with Gasteiger partial charge in [0.2, 0.25) is 0 Å². The Balaban J connectivity index is 0.000000203. The van der Waals surface area contributed by atoms with Crippen LogP contribution < -0.4 is 11.5 Å². The van der Waals surface area contributed by atoms with Gasteiger partial charge >= 0.3 is 0 Å². The van der Waals surface area contributed by atoms with Crippen molar-refractivity contribution in [3.05, 3.63) is 36.5 Å². The number of anilines is 2. The Morgan fingerprint density at radius 3 is 2.42 bits per heavy atom. The average molecular weight is 323 g/mol. The number of nitrogen functional groups attached to an aromatic ring is 2. The summed E-state index contributed by atoms with van der Waals surface area (Å²) in [5.41, 5.74) is 14.4. The van der Waals surface area contributed by atoms with Gasteiger partial charge in [0.05, 0.1) is 5.52 Å². The van der Waals surface area contributed by atoms with Crippen LogP contribution >= 0.6 is 0 Å². The molecule has 3 aromatic rings. The van der Waals surface area contributed by atoms with Crippen molar-refractivity contribution in [2.45, 2.75) is 39.0 Å². The lowest BCUT2D eigenvalue weighted by molar-refractivity contribution is 0.385. The molecule has 1 aromatic carbocycles. The molecule has 1 aliphatic carbocycles. The molecule has 0 amide bonds. The molecule has 0 saturated heterocycles. The molecule has 5 N–H and O–H groups in total. The molecule has 4 rings (SSSR count). The lowest BCUT2D eigenvalue weighted by Crippen LogP contribution is -1.99. The minimum Gasteiger partial charge on any atom is -0.384 e. The lowest BCUT2D eigenvalue weighted by atomic mass is 9.91. The van der Waals surface area contributed by atoms with Crippen LogP contribution in [0.15, 0.2) is 36.5 Å². The standard InChI is InChI=1S/C12H11N5.C7H14/c13-11-6-8(3-4-15-11)7-1-2-10-9(5-7)12(14)17-16-10;1-7-5-3-2-4-6-7/h1-6H,(H2,13,15)(H3,14,16,17);7H,2-6H2,1H3. The molecule has 0 atom stereocenters. The molecule has 1 fully saturated rings. The molecule has 24 heavy (non-hydrogen) atoms. The highest BCUT2D eigenvalue weighted by Crippen LogP contribution is 2.26. The van der Waals surface area contributed by atoms with Crippen LogP contribution in [0.3, 0.4) is 0 Å². The molecule has 0 aliphatic heterocycles. The van der Waals surface area contributed by atoms with Gasteiger partial charge in [0.25, 0.3) is 0 Å². The summed E-state index contributed by atoms with van der Waals surface area (Å²) in [6.07, 6.45) is 9.13. The molecular formula is C19H25N5. The fourth-order valence-corrected chi connectivity index (χ4v) is 3.15. The summed E-state index contributed by atoms with van der Waals surface area (Å²) in [4.78, 5) is 3.97. The number of benzene rings is 1. The van der Waals surface area contributed by atoms with E-state index in [-0.39, 0.29) is 0 Å². The summed E-state index contributed by atoms with van der Waals surface area (Å²) >= 11 is 0. The first-order valence-electron chi connectivity index (χ1n) is 8.59. The number of nitrogens with zero attached hydrogens (tertiary/aromatic N) is 2. The molecule has 0 spiro atoms. The summed E-state index contributed by atoms with van der Waals surface area (Å²) in [5, 5.41) is 7.74. The van der Waals surface area contributed by atoms with Crippen LogP contribution in [0.25, 0.3) is 22.0 Å². The Morgan fingerprint density at radius 1 is 1.00 bits per heavy atom. The van der Waals surface area contributed by atoms with E-state index in [9.17, 15) is 0 Å². The second kappa shape index (κ2) is 7.34. The first-order valence-corrected chi connectivity index (χ1v) is 8.59. The summed E-state index contributed by atoms with van der Waals surface area (Å²) in [6, 6.07) is 9.67. The van der Waals surface area contributed by atoms with Gasteiger partial charge < -0.3 is 11.5 Å². The molecule has 0 unspecified atom stereocenters. The average Bonchev–Trinajstić information content (AvgIpc) is 2.97. The lowest BCUT2D eigenvalue weighted by Gasteiger charge is -2.15. The predicted octanol–water partition coefficient (Wildman–Crippen LogP) is 4.38. The fraction of sp³-hybridized carbons (Fsp3) is 0.368. The zero-order valence-electron chi connectivity index (χ0n) is 14.1. The predicted molar refractivity (Wildman–Crippen MR) is 100 cm³/mol. The molecule has 2 heterocycles. The largest absolute Gasteiger partial charge is 0.384 e. The SMILES string of the molecule is CC1CCCCC1.Nc1cc(-c2ccc3[nH]nc(N)c3c2)ccn1. The van der Waals surface area contributed by atoms with Gasteiger partial charge in [-0.05, 0) is 41.3 Å². The Bertz CT molecular complexity index is 802. The van der Waals surface area contributed by atoms with Crippen LogP contribution in [0.2, 0.25) is 0 Å². The first-order chi connectivity index (χ1) is 11.6. The Hall–Kier alpha value is -2.56. The van der Waals surface area contributed by atoms with Crippen molar-refractivity contribution in [2.24, 2.45) is 5.92 Å². The zero-order valence-corrected chi connectivity index (χ0v) is 14.1. The number of hydrogen-bond acceptors (Lipinski definition) is 4. The third kappa shape index (κ3) is 3.85. The van der Waals surface area contributed by atoms with E-state index in [1.807, 2.05) is 30.3 Å². The molecule has 2 aromatic heterocycles. The fourth-order valence-electron chi connectivity index (χ4n) is 3.15. The number of pyridine rings is 1. The molecular weight excluding hydrogens is 298 g/mol. The van der Waals surface area contributed by atoms with E-state index in [2.05, 4.69) is 22.1 Å². The van der Waals surface area contributed by atoms with Crippen LogP contribution in [-0.4, -0.2) is 15.2 Å². The van der Waals surface area contributed by atoms with Crippen molar-refractivity contribution < 1.29 is 0 Å². The van der Waals surface area contributed by atoms with Gasteiger partial charge in [-0.1, -0.05) is 45.1 Å². The summed E-state index contributed by atoms with van der Waals surface area (Å²) in [7, 11) is 0. The number of nitrogens with two attached hydrogens (primary N) is 2. The highest BCUT2D eigenvalue weighted by Gasteiger charge is 2.06. The molecule has 5 heteroatoms. The van der Waals surface area contributed by atoms with Crippen molar-refractivity contribution in [2.75, 3.05) is 11.5 Å². The minimum absolute atomic E-state index is 0.503. The van der Waals surface area contributed by atoms with Crippen molar-refractivity contribution in [1.29, 1.82) is 0 Å². The number of fused-ring (bicyclic) bond motifs is 1. The summed E-state index contributed by atoms with van der Waals surface area (Å²) < 4.78 is 0. The Kier molecular flexibility index (Phi) is 4.99. The summed E-state index contributed by atoms with van der Waals surface area (Å²) in [5.74, 6) is 2.04. The van der Waals surface area contributed by atoms with Crippen LogP contribution in [0.4, 0.5) is 11.6 Å². The van der Waals surface area contributed by atoms with Crippen LogP contribution in [0.1, 0.15) is 39.0 Å². The molecule has 0 radical (unpaired) electrons. The molecule has 5 nitrogen and oxygen atoms in total. The molecule has 1 aliphatic rings. The zero-order chi connectivity index (χ0) is 16.9. The van der Waals surface area contributed by atoms with E-state index in [4.69, 9.17) is 11.5 Å². The summed E-state index contributed by atoms with van der Waals surface area (Å²) in [6.45, 7) is 2.36. The monoisotopic (exact) mass is 323 g/mol. The van der Waals surface area contributed by atoms with Crippen LogP contribution in [0.5, 0.6) is 0 Å². The molecule has 0 bridgehead atoms. The van der Waals surface area contributed by atoms with Crippen molar-refractivity contribution in [3.8, 4) is 11.1 Å². The van der Waals surface area contributed by atoms with E-state index in [1.165, 1.54) is 32.1 Å². The molecule has 126 valence electrons. The van der Waals surface area contributed by atoms with Gasteiger partial charge in [0.15, 0.2) is 5.82 Å². The van der Waals surface area contributed by atoms with E-state index in [0.29, 0.717) is 11.6 Å². The van der Waals surface area contributed by atoms with Gasteiger partial charge in [-0.2, -0.15) is 5.10 Å². The van der Waals surface area contributed by atoms with Gasteiger partial charge in [0, 0.05) is 11.6 Å².